The van der Waals surface area contributed by atoms with Crippen molar-refractivity contribution in [3.63, 3.8) is 0 Å². The molecule has 1 spiro atoms. The molecule has 1 aromatic heterocycles. The quantitative estimate of drug-likeness (QED) is 0.365. The fourth-order valence-corrected chi connectivity index (χ4v) is 6.51. The summed E-state index contributed by atoms with van der Waals surface area (Å²) < 4.78 is 16.4. The molecule has 0 bridgehead atoms. The second-order valence-corrected chi connectivity index (χ2v) is 11.6. The Labute approximate surface area is 228 Å². The highest BCUT2D eigenvalue weighted by Crippen LogP contribution is 2.58. The Bertz CT molecular complexity index is 1390. The average Bonchev–Trinajstić information content (AvgIpc) is 3.62. The first kappa shape index (κ1) is 25.5. The van der Waals surface area contributed by atoms with Gasteiger partial charge in [0.25, 0.3) is 0 Å². The summed E-state index contributed by atoms with van der Waals surface area (Å²) in [5.41, 5.74) is 5.39. The maximum atomic E-state index is 12.7. The van der Waals surface area contributed by atoms with Gasteiger partial charge in [-0.05, 0) is 75.3 Å². The lowest BCUT2D eigenvalue weighted by Gasteiger charge is -2.59. The molecule has 0 radical (unpaired) electrons. The van der Waals surface area contributed by atoms with Crippen LogP contribution in [0.15, 0.2) is 53.1 Å². The van der Waals surface area contributed by atoms with E-state index < -0.39 is 11.5 Å². The molecule has 3 aliphatic rings. The number of benzene rings is 2. The van der Waals surface area contributed by atoms with Gasteiger partial charge in [-0.25, -0.2) is 4.79 Å². The van der Waals surface area contributed by atoms with Crippen LogP contribution in [0.25, 0.3) is 0 Å². The van der Waals surface area contributed by atoms with Gasteiger partial charge in [-0.15, -0.1) is 0 Å². The van der Waals surface area contributed by atoms with Crippen LogP contribution in [-0.2, 0) is 19.7 Å². The monoisotopic (exact) mass is 529 g/mol. The van der Waals surface area contributed by atoms with Crippen molar-refractivity contribution in [2.75, 3.05) is 30.4 Å². The lowest BCUT2D eigenvalue weighted by atomic mass is 9.57. The minimum atomic E-state index is -0.509. The number of aromatic nitrogens is 1. The minimum Gasteiger partial charge on any atom is -0.468 e. The molecule has 2 aliphatic carbocycles. The maximum absolute atomic E-state index is 12.7. The number of ether oxygens (including phenoxy) is 2. The first-order valence-corrected chi connectivity index (χ1v) is 13.7. The summed E-state index contributed by atoms with van der Waals surface area (Å²) in [4.78, 5) is 27.3. The number of amides is 1. The zero-order chi connectivity index (χ0) is 27.4. The second kappa shape index (κ2) is 9.43. The minimum absolute atomic E-state index is 0.135. The van der Waals surface area contributed by atoms with Crippen molar-refractivity contribution in [3.8, 4) is 0 Å². The maximum Gasteiger partial charge on any atom is 0.412 e. The van der Waals surface area contributed by atoms with E-state index in [0.29, 0.717) is 11.4 Å². The van der Waals surface area contributed by atoms with Crippen molar-refractivity contribution >= 4 is 23.4 Å². The predicted octanol–water partition coefficient (Wildman–Crippen LogP) is 6.19. The molecule has 204 valence electrons. The van der Waals surface area contributed by atoms with Crippen LogP contribution in [0.2, 0.25) is 0 Å². The number of esters is 1. The molecular formula is C31H35N3O5. The van der Waals surface area contributed by atoms with E-state index in [-0.39, 0.29) is 23.4 Å². The molecule has 39 heavy (non-hydrogen) atoms. The van der Waals surface area contributed by atoms with Crippen molar-refractivity contribution in [2.24, 2.45) is 5.41 Å². The van der Waals surface area contributed by atoms with Crippen molar-refractivity contribution in [1.82, 2.24) is 5.16 Å². The molecule has 1 aliphatic heterocycles. The number of methoxy groups -OCH3 is 1. The van der Waals surface area contributed by atoms with E-state index in [1.165, 1.54) is 12.8 Å². The summed E-state index contributed by atoms with van der Waals surface area (Å²) in [6, 6.07) is 16.3. The summed E-state index contributed by atoms with van der Waals surface area (Å²) in [7, 11) is 1.46. The molecule has 2 saturated carbocycles. The van der Waals surface area contributed by atoms with Crippen LogP contribution < -0.4 is 10.2 Å². The SMILES string of the molecule is COC(=O)C1(c2ccc(N3CC4(CC(c5onc(C)c5NC(=O)O[C@H](C)c5ccccc5C)C4)C3)cc2)CC1. The summed E-state index contributed by atoms with van der Waals surface area (Å²) in [5.74, 6) is 0.817. The summed E-state index contributed by atoms with van der Waals surface area (Å²) >= 11 is 0. The van der Waals surface area contributed by atoms with E-state index in [0.717, 1.165) is 61.2 Å². The molecular weight excluding hydrogens is 494 g/mol. The molecule has 2 aromatic carbocycles. The van der Waals surface area contributed by atoms with Crippen molar-refractivity contribution in [2.45, 2.75) is 63.9 Å². The number of rotatable bonds is 7. The molecule has 6 rings (SSSR count). The molecule has 1 N–H and O–H groups in total. The third kappa shape index (κ3) is 4.45. The summed E-state index contributed by atoms with van der Waals surface area (Å²) in [6.45, 7) is 7.68. The van der Waals surface area contributed by atoms with E-state index in [4.69, 9.17) is 14.0 Å². The summed E-state index contributed by atoms with van der Waals surface area (Å²) in [5, 5.41) is 7.04. The molecule has 8 heteroatoms. The molecule has 0 unspecified atom stereocenters. The Morgan fingerprint density at radius 1 is 1.08 bits per heavy atom. The van der Waals surface area contributed by atoms with Gasteiger partial charge in [0.05, 0.1) is 12.5 Å². The smallest absolute Gasteiger partial charge is 0.412 e. The molecule has 2 heterocycles. The van der Waals surface area contributed by atoms with Gasteiger partial charge >= 0.3 is 12.1 Å². The second-order valence-electron chi connectivity index (χ2n) is 11.6. The van der Waals surface area contributed by atoms with Gasteiger partial charge in [0.1, 0.15) is 17.5 Å². The van der Waals surface area contributed by atoms with Gasteiger partial charge in [0.2, 0.25) is 0 Å². The number of carbonyl (C=O) groups excluding carboxylic acids is 2. The summed E-state index contributed by atoms with van der Waals surface area (Å²) in [6.07, 6.45) is 2.82. The fourth-order valence-electron chi connectivity index (χ4n) is 6.51. The molecule has 8 nitrogen and oxygen atoms in total. The van der Waals surface area contributed by atoms with Crippen LogP contribution in [0.3, 0.4) is 0 Å². The van der Waals surface area contributed by atoms with E-state index in [1.54, 1.807) is 0 Å². The molecule has 1 saturated heterocycles. The van der Waals surface area contributed by atoms with Crippen LogP contribution in [0.1, 0.15) is 72.8 Å². The normalized spacial score (nSPS) is 19.5. The number of nitrogens with one attached hydrogen (secondary N) is 1. The van der Waals surface area contributed by atoms with Crippen LogP contribution in [0.5, 0.6) is 0 Å². The number of nitrogens with zero attached hydrogens (tertiary/aromatic N) is 2. The standard InChI is InChI=1S/C31H35N3O5/c1-19-7-5-6-8-25(19)21(3)38-29(36)32-26-20(2)33-39-27(26)22-15-30(16-22)17-34(18-30)24-11-9-23(10-12-24)31(13-14-31)28(35)37-4/h5-12,21-22H,13-18H2,1-4H3,(H,32,36)/t21-/m1/s1. The van der Waals surface area contributed by atoms with Gasteiger partial charge in [-0.1, -0.05) is 41.6 Å². The van der Waals surface area contributed by atoms with Crippen LogP contribution in [0.4, 0.5) is 16.2 Å². The number of hydrogen-bond acceptors (Lipinski definition) is 7. The highest BCUT2D eigenvalue weighted by Gasteiger charge is 2.55. The first-order valence-electron chi connectivity index (χ1n) is 13.7. The Balaban J connectivity index is 1.04. The van der Waals surface area contributed by atoms with Crippen LogP contribution >= 0.6 is 0 Å². The molecule has 1 amide bonds. The van der Waals surface area contributed by atoms with Crippen molar-refractivity contribution in [1.29, 1.82) is 0 Å². The lowest BCUT2D eigenvalue weighted by Crippen LogP contribution is -2.61. The third-order valence-electron chi connectivity index (χ3n) is 8.92. The lowest BCUT2D eigenvalue weighted by molar-refractivity contribution is -0.143. The molecule has 3 aromatic rings. The number of carbonyl (C=O) groups is 2. The molecule has 1 atom stereocenters. The molecule has 3 fully saturated rings. The third-order valence-corrected chi connectivity index (χ3v) is 8.92. The highest BCUT2D eigenvalue weighted by molar-refractivity contribution is 5.87. The number of hydrogen-bond donors (Lipinski definition) is 1. The van der Waals surface area contributed by atoms with Gasteiger partial charge in [-0.3, -0.25) is 10.1 Å². The van der Waals surface area contributed by atoms with E-state index >= 15 is 0 Å². The van der Waals surface area contributed by atoms with Gasteiger partial charge in [-0.2, -0.15) is 0 Å². The highest BCUT2D eigenvalue weighted by atomic mass is 16.6. The predicted molar refractivity (Wildman–Crippen MR) is 147 cm³/mol. The Morgan fingerprint density at radius 2 is 1.77 bits per heavy atom. The van der Waals surface area contributed by atoms with Crippen LogP contribution in [-0.4, -0.2) is 37.4 Å². The Kier molecular flexibility index (Phi) is 6.16. The van der Waals surface area contributed by atoms with Gasteiger partial charge in [0, 0.05) is 30.1 Å². The zero-order valence-corrected chi connectivity index (χ0v) is 23.0. The average molecular weight is 530 g/mol. The topological polar surface area (TPSA) is 93.9 Å². The Morgan fingerprint density at radius 3 is 2.41 bits per heavy atom. The van der Waals surface area contributed by atoms with E-state index in [9.17, 15) is 9.59 Å². The number of anilines is 2. The van der Waals surface area contributed by atoms with Crippen molar-refractivity contribution < 1.29 is 23.6 Å². The van der Waals surface area contributed by atoms with Gasteiger partial charge in [0.15, 0.2) is 5.76 Å². The fraction of sp³-hybridized carbons (Fsp3) is 0.452. The largest absolute Gasteiger partial charge is 0.468 e. The Hall–Kier alpha value is -3.81. The van der Waals surface area contributed by atoms with E-state index in [2.05, 4.69) is 39.6 Å². The zero-order valence-electron chi connectivity index (χ0n) is 23.0. The first-order chi connectivity index (χ1) is 18.7. The van der Waals surface area contributed by atoms with Crippen LogP contribution in [0, 0.1) is 19.3 Å². The van der Waals surface area contributed by atoms with E-state index in [1.807, 2.05) is 45.0 Å². The number of aryl methyl sites for hydroxylation is 2. The van der Waals surface area contributed by atoms with Gasteiger partial charge < -0.3 is 18.9 Å². The van der Waals surface area contributed by atoms with Crippen molar-refractivity contribution in [3.05, 3.63) is 76.7 Å².